The van der Waals surface area contributed by atoms with Gasteiger partial charge in [0.1, 0.15) is 0 Å². The first-order valence-corrected chi connectivity index (χ1v) is 13.4. The fourth-order valence-electron chi connectivity index (χ4n) is 4.75. The van der Waals surface area contributed by atoms with Gasteiger partial charge in [0, 0.05) is 5.69 Å². The van der Waals surface area contributed by atoms with Crippen LogP contribution in [0.2, 0.25) is 0 Å². The van der Waals surface area contributed by atoms with E-state index < -0.39 is 11.4 Å². The van der Waals surface area contributed by atoms with Gasteiger partial charge in [0.25, 0.3) is 11.1 Å². The minimum absolute atomic E-state index is 0.291. The molecule has 6 aromatic rings. The van der Waals surface area contributed by atoms with Crippen LogP contribution in [-0.4, -0.2) is 19.1 Å². The van der Waals surface area contributed by atoms with Crippen molar-refractivity contribution in [1.82, 2.24) is 19.1 Å². The predicted octanol–water partition coefficient (Wildman–Crippen LogP) is 4.48. The summed E-state index contributed by atoms with van der Waals surface area (Å²) in [6.07, 6.45) is 0. The average Bonchev–Trinajstić information content (AvgIpc) is 2.94. The molecule has 0 fully saturated rings. The lowest BCUT2D eigenvalue weighted by Crippen LogP contribution is -2.33. The predicted molar refractivity (Wildman–Crippen MR) is 168 cm³/mol. The molecule has 0 unspecified atom stereocenters. The lowest BCUT2D eigenvalue weighted by molar-refractivity contribution is 0.900. The summed E-state index contributed by atoms with van der Waals surface area (Å²) in [6, 6.07) is 21.2. The van der Waals surface area contributed by atoms with Crippen molar-refractivity contribution in [3.63, 3.8) is 0 Å². The molecule has 9 nitrogen and oxygen atoms in total. The molecule has 4 aromatic carbocycles. The molecule has 0 saturated carbocycles. The van der Waals surface area contributed by atoms with Crippen LogP contribution in [0.25, 0.3) is 33.2 Å². The van der Waals surface area contributed by atoms with E-state index in [1.54, 1.807) is 42.5 Å². The van der Waals surface area contributed by atoms with Gasteiger partial charge >= 0.3 is 11.4 Å². The summed E-state index contributed by atoms with van der Waals surface area (Å²) in [6.45, 7) is 9.75. The average molecular weight is 562 g/mol. The zero-order valence-electron chi connectivity index (χ0n) is 24.0. The maximum Gasteiger partial charge on any atom is 0.333 e. The molecule has 6 rings (SSSR count). The SMILES string of the molecule is Cc1cc2[nH]c(=O)n(-c3ccc(N)cc3)c(=O)c2cc1C.Cc1ccc(-n2c(=O)[nH]c3cc(C)c(C)cc3c2=O)cc1. The zero-order valence-corrected chi connectivity index (χ0v) is 24.0. The Kier molecular flexibility index (Phi) is 7.26. The molecule has 0 aliphatic rings. The Balaban J connectivity index is 0.000000168. The second kappa shape index (κ2) is 10.9. The number of anilines is 1. The van der Waals surface area contributed by atoms with Crippen LogP contribution in [0.15, 0.2) is 92.0 Å². The molecule has 0 bridgehead atoms. The second-order valence-corrected chi connectivity index (χ2v) is 10.5. The van der Waals surface area contributed by atoms with E-state index in [1.165, 1.54) is 4.57 Å². The van der Waals surface area contributed by atoms with Crippen LogP contribution < -0.4 is 28.2 Å². The normalized spacial score (nSPS) is 11.0. The van der Waals surface area contributed by atoms with Crippen LogP contribution in [0.5, 0.6) is 0 Å². The minimum atomic E-state index is -0.458. The van der Waals surface area contributed by atoms with Gasteiger partial charge in [-0.15, -0.1) is 0 Å². The van der Waals surface area contributed by atoms with Gasteiger partial charge in [0.2, 0.25) is 0 Å². The molecule has 0 radical (unpaired) electrons. The van der Waals surface area contributed by atoms with Crippen LogP contribution in [0.1, 0.15) is 27.8 Å². The van der Waals surface area contributed by atoms with Gasteiger partial charge in [-0.05, 0) is 118 Å². The summed E-state index contributed by atoms with van der Waals surface area (Å²) in [7, 11) is 0. The highest BCUT2D eigenvalue weighted by Gasteiger charge is 2.12. The Labute approximate surface area is 240 Å². The minimum Gasteiger partial charge on any atom is -0.399 e. The smallest absolute Gasteiger partial charge is 0.333 e. The molecule has 0 spiro atoms. The summed E-state index contributed by atoms with van der Waals surface area (Å²) in [5.74, 6) is 0. The van der Waals surface area contributed by atoms with E-state index in [9.17, 15) is 19.2 Å². The van der Waals surface area contributed by atoms with Crippen molar-refractivity contribution in [1.29, 1.82) is 0 Å². The maximum absolute atomic E-state index is 12.6. The number of aryl methyl sites for hydroxylation is 5. The van der Waals surface area contributed by atoms with E-state index in [0.29, 0.717) is 38.9 Å². The standard InChI is InChI=1S/C17H16N2O2.C16H15N3O2/c1-10-4-6-13(7-5-10)19-16(20)14-8-11(2)12(3)9-15(14)18-17(19)21;1-9-7-13-14(8-10(9)2)18-16(21)19(15(13)20)12-5-3-11(17)4-6-12/h4-9H,1-3H3,(H,18,21);3-8H,17H2,1-2H3,(H,18,21). The Morgan fingerprint density at radius 1 is 0.524 bits per heavy atom. The van der Waals surface area contributed by atoms with Crippen molar-refractivity contribution in [2.24, 2.45) is 0 Å². The second-order valence-electron chi connectivity index (χ2n) is 10.5. The summed E-state index contributed by atoms with van der Waals surface area (Å²) in [5, 5.41) is 1.02. The number of hydrogen-bond acceptors (Lipinski definition) is 5. The molecule has 4 N–H and O–H groups in total. The first-order valence-electron chi connectivity index (χ1n) is 13.4. The largest absolute Gasteiger partial charge is 0.399 e. The number of nitrogens with one attached hydrogen (secondary N) is 2. The third-order valence-corrected chi connectivity index (χ3v) is 7.47. The molecule has 0 saturated heterocycles. The van der Waals surface area contributed by atoms with Crippen molar-refractivity contribution in [2.45, 2.75) is 34.6 Å². The highest BCUT2D eigenvalue weighted by molar-refractivity contribution is 5.80. The molecule has 42 heavy (non-hydrogen) atoms. The van der Waals surface area contributed by atoms with Crippen molar-refractivity contribution < 1.29 is 0 Å². The number of benzene rings is 4. The molecule has 0 atom stereocenters. The molecule has 0 amide bonds. The highest BCUT2D eigenvalue weighted by atomic mass is 16.2. The van der Waals surface area contributed by atoms with Crippen LogP contribution in [0.3, 0.4) is 0 Å². The van der Waals surface area contributed by atoms with Crippen molar-refractivity contribution >= 4 is 27.5 Å². The van der Waals surface area contributed by atoms with E-state index >= 15 is 0 Å². The molecular formula is C33H31N5O4. The number of fused-ring (bicyclic) bond motifs is 2. The topological polar surface area (TPSA) is 136 Å². The molecule has 0 aliphatic carbocycles. The number of nitrogen functional groups attached to an aromatic ring is 1. The Morgan fingerprint density at radius 3 is 1.29 bits per heavy atom. The first kappa shape index (κ1) is 28.1. The number of H-pyrrole nitrogens is 2. The Hall–Kier alpha value is -5.44. The summed E-state index contributed by atoms with van der Waals surface area (Å²) in [4.78, 5) is 55.2. The number of hydrogen-bond donors (Lipinski definition) is 3. The highest BCUT2D eigenvalue weighted by Crippen LogP contribution is 2.16. The van der Waals surface area contributed by atoms with Crippen molar-refractivity contribution in [3.05, 3.63) is 142 Å². The maximum atomic E-state index is 12.6. The van der Waals surface area contributed by atoms with Gasteiger partial charge in [-0.25, -0.2) is 18.7 Å². The van der Waals surface area contributed by atoms with Gasteiger partial charge < -0.3 is 15.7 Å². The number of aromatic nitrogens is 4. The third-order valence-electron chi connectivity index (χ3n) is 7.47. The zero-order chi connectivity index (χ0) is 30.3. The fourth-order valence-corrected chi connectivity index (χ4v) is 4.75. The fraction of sp³-hybridized carbons (Fsp3) is 0.152. The summed E-state index contributed by atoms with van der Waals surface area (Å²) >= 11 is 0. The Bertz CT molecular complexity index is 2060. The third kappa shape index (κ3) is 5.19. The first-order chi connectivity index (χ1) is 19.9. The van der Waals surface area contributed by atoms with Crippen molar-refractivity contribution in [3.8, 4) is 11.4 Å². The molecule has 212 valence electrons. The van der Waals surface area contributed by atoms with Crippen LogP contribution in [0.4, 0.5) is 5.69 Å². The number of nitrogens with zero attached hydrogens (tertiary/aromatic N) is 2. The van der Waals surface area contributed by atoms with E-state index in [0.717, 1.165) is 32.4 Å². The molecular weight excluding hydrogens is 530 g/mol. The molecule has 9 heteroatoms. The van der Waals surface area contributed by atoms with Crippen LogP contribution in [0, 0.1) is 34.6 Å². The van der Waals surface area contributed by atoms with Gasteiger partial charge in [-0.1, -0.05) is 17.7 Å². The van der Waals surface area contributed by atoms with Crippen molar-refractivity contribution in [2.75, 3.05) is 5.73 Å². The number of nitrogens with two attached hydrogens (primary N) is 1. The van der Waals surface area contributed by atoms with Crippen LogP contribution in [-0.2, 0) is 0 Å². The van der Waals surface area contributed by atoms with E-state index in [1.807, 2.05) is 65.0 Å². The number of aromatic amines is 2. The lowest BCUT2D eigenvalue weighted by Gasteiger charge is -2.08. The van der Waals surface area contributed by atoms with Crippen LogP contribution >= 0.6 is 0 Å². The molecule has 2 aromatic heterocycles. The molecule has 2 heterocycles. The van der Waals surface area contributed by atoms with Gasteiger partial charge in [-0.3, -0.25) is 9.59 Å². The summed E-state index contributed by atoms with van der Waals surface area (Å²) in [5.41, 5.74) is 12.1. The van der Waals surface area contributed by atoms with E-state index in [4.69, 9.17) is 5.73 Å². The number of rotatable bonds is 2. The monoisotopic (exact) mass is 561 g/mol. The summed E-state index contributed by atoms with van der Waals surface area (Å²) < 4.78 is 2.30. The molecule has 0 aliphatic heterocycles. The van der Waals surface area contributed by atoms with E-state index in [-0.39, 0.29) is 11.1 Å². The quantitative estimate of drug-likeness (QED) is 0.268. The van der Waals surface area contributed by atoms with Gasteiger partial charge in [-0.2, -0.15) is 0 Å². The van der Waals surface area contributed by atoms with E-state index in [2.05, 4.69) is 9.97 Å². The van der Waals surface area contributed by atoms with Gasteiger partial charge in [0.05, 0.1) is 33.2 Å². The Morgan fingerprint density at radius 2 is 0.881 bits per heavy atom. The lowest BCUT2D eigenvalue weighted by atomic mass is 10.1. The van der Waals surface area contributed by atoms with Gasteiger partial charge in [0.15, 0.2) is 0 Å².